The number of anilines is 1. The summed E-state index contributed by atoms with van der Waals surface area (Å²) in [5.74, 6) is -0.273. The zero-order valence-corrected chi connectivity index (χ0v) is 13.9. The molecular weight excluding hydrogens is 338 g/mol. The van der Waals surface area contributed by atoms with Crippen LogP contribution in [0, 0.1) is 0 Å². The molecule has 0 aliphatic heterocycles. The fourth-order valence-electron chi connectivity index (χ4n) is 2.10. The number of aromatic nitrogens is 2. The van der Waals surface area contributed by atoms with Gasteiger partial charge in [0.05, 0.1) is 0 Å². The van der Waals surface area contributed by atoms with E-state index in [1.165, 1.54) is 11.3 Å². The molecule has 3 aromatic rings. The van der Waals surface area contributed by atoms with Crippen LogP contribution in [-0.4, -0.2) is 22.1 Å². The minimum Gasteiger partial charge on any atom is -0.352 e. The van der Waals surface area contributed by atoms with Crippen molar-refractivity contribution in [3.63, 3.8) is 0 Å². The summed E-state index contributed by atoms with van der Waals surface area (Å²) in [6.07, 6.45) is 0. The van der Waals surface area contributed by atoms with Gasteiger partial charge < -0.3 is 11.1 Å². The molecule has 8 heteroatoms. The second kappa shape index (κ2) is 7.54. The van der Waals surface area contributed by atoms with E-state index in [4.69, 9.17) is 5.73 Å². The average molecular weight is 353 g/mol. The minimum absolute atomic E-state index is 0.273. The van der Waals surface area contributed by atoms with Crippen LogP contribution in [-0.2, 0) is 6.54 Å². The van der Waals surface area contributed by atoms with Crippen molar-refractivity contribution in [3.05, 3.63) is 65.7 Å². The molecule has 0 saturated heterocycles. The third kappa shape index (κ3) is 4.39. The van der Waals surface area contributed by atoms with E-state index in [1.807, 2.05) is 30.3 Å². The summed E-state index contributed by atoms with van der Waals surface area (Å²) in [7, 11) is 0. The molecule has 25 heavy (non-hydrogen) atoms. The fraction of sp³-hybridized carbons (Fsp3) is 0.0588. The molecule has 3 rings (SSSR count). The molecule has 0 spiro atoms. The second-order valence-electron chi connectivity index (χ2n) is 5.15. The predicted molar refractivity (Wildman–Crippen MR) is 96.2 cm³/mol. The Hall–Kier alpha value is -3.26. The van der Waals surface area contributed by atoms with Gasteiger partial charge in [0.25, 0.3) is 5.91 Å². The number of amides is 3. The lowest BCUT2D eigenvalue weighted by Crippen LogP contribution is -2.28. The number of carbonyl (C=O) groups excluding carboxylic acids is 2. The molecule has 0 unspecified atom stereocenters. The number of urea groups is 1. The molecule has 0 radical (unpaired) electrons. The molecule has 0 atom stereocenters. The molecule has 0 aliphatic rings. The van der Waals surface area contributed by atoms with Crippen LogP contribution in [0.5, 0.6) is 0 Å². The third-order valence-corrected chi connectivity index (χ3v) is 4.24. The Kier molecular flexibility index (Phi) is 5.00. The van der Waals surface area contributed by atoms with Gasteiger partial charge in [-0.2, -0.15) is 0 Å². The average Bonchev–Trinajstić information content (AvgIpc) is 3.09. The first-order valence-corrected chi connectivity index (χ1v) is 8.26. The lowest BCUT2D eigenvalue weighted by atomic mass is 10.1. The van der Waals surface area contributed by atoms with Gasteiger partial charge in [0, 0.05) is 17.7 Å². The maximum atomic E-state index is 12.3. The molecule has 126 valence electrons. The first-order valence-electron chi connectivity index (χ1n) is 7.44. The van der Waals surface area contributed by atoms with Gasteiger partial charge in [-0.15, -0.1) is 10.2 Å². The van der Waals surface area contributed by atoms with Crippen LogP contribution < -0.4 is 16.4 Å². The lowest BCUT2D eigenvalue weighted by Gasteiger charge is -2.04. The van der Waals surface area contributed by atoms with Crippen LogP contribution in [0.25, 0.3) is 10.6 Å². The Bertz CT molecular complexity index is 878. The summed E-state index contributed by atoms with van der Waals surface area (Å²) in [6.45, 7) is 0.314. The fourth-order valence-corrected chi connectivity index (χ4v) is 2.85. The quantitative estimate of drug-likeness (QED) is 0.655. The molecule has 0 bridgehead atoms. The van der Waals surface area contributed by atoms with Crippen molar-refractivity contribution in [2.24, 2.45) is 5.73 Å². The van der Waals surface area contributed by atoms with Gasteiger partial charge in [-0.3, -0.25) is 10.1 Å². The number of nitrogens with two attached hydrogens (primary N) is 1. The number of nitrogens with zero attached hydrogens (tertiary/aromatic N) is 2. The number of benzene rings is 2. The van der Waals surface area contributed by atoms with E-state index in [-0.39, 0.29) is 5.91 Å². The molecule has 1 aromatic heterocycles. The Balaban J connectivity index is 1.64. The van der Waals surface area contributed by atoms with E-state index in [2.05, 4.69) is 20.8 Å². The molecule has 7 nitrogen and oxygen atoms in total. The van der Waals surface area contributed by atoms with Gasteiger partial charge in [-0.1, -0.05) is 53.8 Å². The molecule has 0 saturated carbocycles. The van der Waals surface area contributed by atoms with Gasteiger partial charge in [0.15, 0.2) is 0 Å². The number of primary amides is 1. The Morgan fingerprint density at radius 2 is 1.72 bits per heavy atom. The van der Waals surface area contributed by atoms with Gasteiger partial charge in [0.2, 0.25) is 5.13 Å². The minimum atomic E-state index is -0.590. The van der Waals surface area contributed by atoms with Crippen molar-refractivity contribution in [2.45, 2.75) is 6.54 Å². The number of carbonyl (C=O) groups is 2. The Morgan fingerprint density at radius 3 is 2.40 bits per heavy atom. The van der Waals surface area contributed by atoms with Crippen LogP contribution in [0.1, 0.15) is 15.9 Å². The smallest absolute Gasteiger partial charge is 0.312 e. The highest BCUT2D eigenvalue weighted by atomic mass is 32.1. The van der Waals surface area contributed by atoms with Gasteiger partial charge in [0.1, 0.15) is 5.01 Å². The van der Waals surface area contributed by atoms with Crippen molar-refractivity contribution < 1.29 is 9.59 Å². The highest BCUT2D eigenvalue weighted by Gasteiger charge is 2.11. The van der Waals surface area contributed by atoms with Gasteiger partial charge in [-0.25, -0.2) is 4.79 Å². The number of nitrogens with one attached hydrogen (secondary N) is 2. The van der Waals surface area contributed by atoms with Crippen molar-refractivity contribution in [1.82, 2.24) is 15.5 Å². The summed E-state index contributed by atoms with van der Waals surface area (Å²) in [6, 6.07) is 15.9. The predicted octanol–water partition coefficient (Wildman–Crippen LogP) is 2.63. The first-order chi connectivity index (χ1) is 12.1. The standard InChI is InChI=1S/C17H15N5O2S/c18-16(24)19-10-11-6-8-12(9-7-11)14(23)20-17-22-21-15(25-17)13-4-2-1-3-5-13/h1-9H,10H2,(H3,18,19,24)(H,20,22,23). The molecule has 4 N–H and O–H groups in total. The van der Waals surface area contributed by atoms with Gasteiger partial charge >= 0.3 is 6.03 Å². The second-order valence-corrected chi connectivity index (χ2v) is 6.12. The zero-order chi connectivity index (χ0) is 17.6. The van der Waals surface area contributed by atoms with Crippen LogP contribution in [0.3, 0.4) is 0 Å². The van der Waals surface area contributed by atoms with Crippen molar-refractivity contribution >= 4 is 28.4 Å². The van der Waals surface area contributed by atoms with Crippen LogP contribution in [0.4, 0.5) is 9.93 Å². The largest absolute Gasteiger partial charge is 0.352 e. The summed E-state index contributed by atoms with van der Waals surface area (Å²) < 4.78 is 0. The number of hydrogen-bond donors (Lipinski definition) is 3. The Labute approximate surface area is 147 Å². The van der Waals surface area contributed by atoms with Crippen LogP contribution in [0.15, 0.2) is 54.6 Å². The summed E-state index contributed by atoms with van der Waals surface area (Å²) >= 11 is 1.31. The molecule has 0 fully saturated rings. The summed E-state index contributed by atoms with van der Waals surface area (Å²) in [5.41, 5.74) is 7.30. The Morgan fingerprint density at radius 1 is 1.00 bits per heavy atom. The van der Waals surface area contributed by atoms with Gasteiger partial charge in [-0.05, 0) is 17.7 Å². The van der Waals surface area contributed by atoms with E-state index in [9.17, 15) is 9.59 Å². The van der Waals surface area contributed by atoms with Crippen molar-refractivity contribution in [1.29, 1.82) is 0 Å². The number of rotatable bonds is 5. The van der Waals surface area contributed by atoms with E-state index in [1.54, 1.807) is 24.3 Å². The third-order valence-electron chi connectivity index (χ3n) is 3.35. The van der Waals surface area contributed by atoms with E-state index in [0.717, 1.165) is 16.1 Å². The van der Waals surface area contributed by atoms with Crippen LogP contribution in [0.2, 0.25) is 0 Å². The van der Waals surface area contributed by atoms with Crippen LogP contribution >= 0.6 is 11.3 Å². The van der Waals surface area contributed by atoms with E-state index >= 15 is 0 Å². The summed E-state index contributed by atoms with van der Waals surface area (Å²) in [4.78, 5) is 23.0. The first kappa shape index (κ1) is 16.6. The molecule has 2 aromatic carbocycles. The topological polar surface area (TPSA) is 110 Å². The zero-order valence-electron chi connectivity index (χ0n) is 13.1. The van der Waals surface area contributed by atoms with E-state index < -0.39 is 6.03 Å². The lowest BCUT2D eigenvalue weighted by molar-refractivity contribution is 0.102. The molecule has 3 amide bonds. The maximum Gasteiger partial charge on any atom is 0.312 e. The summed E-state index contributed by atoms with van der Waals surface area (Å²) in [5, 5.41) is 14.5. The highest BCUT2D eigenvalue weighted by molar-refractivity contribution is 7.18. The molecule has 0 aliphatic carbocycles. The maximum absolute atomic E-state index is 12.3. The number of hydrogen-bond acceptors (Lipinski definition) is 5. The molecule has 1 heterocycles. The monoisotopic (exact) mass is 353 g/mol. The van der Waals surface area contributed by atoms with E-state index in [0.29, 0.717) is 17.2 Å². The van der Waals surface area contributed by atoms with Crippen molar-refractivity contribution in [2.75, 3.05) is 5.32 Å². The normalized spacial score (nSPS) is 10.2. The molecular formula is C17H15N5O2S. The highest BCUT2D eigenvalue weighted by Crippen LogP contribution is 2.26. The van der Waals surface area contributed by atoms with Crippen molar-refractivity contribution in [3.8, 4) is 10.6 Å². The SMILES string of the molecule is NC(=O)NCc1ccc(C(=O)Nc2nnc(-c3ccccc3)s2)cc1.